The van der Waals surface area contributed by atoms with Crippen LogP contribution in [0.2, 0.25) is 0 Å². The number of hydrogen-bond donors (Lipinski definition) is 3. The molecule has 8 nitrogen and oxygen atoms in total. The molecule has 9 heteroatoms. The summed E-state index contributed by atoms with van der Waals surface area (Å²) in [7, 11) is 0. The van der Waals surface area contributed by atoms with Crippen molar-refractivity contribution >= 4 is 29.9 Å². The molecule has 1 fully saturated rings. The number of aromatic hydroxyl groups is 1. The molecule has 0 bridgehead atoms. The fraction of sp³-hybridized carbons (Fsp3) is 0.467. The summed E-state index contributed by atoms with van der Waals surface area (Å²) in [6.45, 7) is -0.529. The molecule has 3 N–H and O–H groups in total. The number of hydrogen-bond acceptors (Lipinski definition) is 5. The van der Waals surface area contributed by atoms with E-state index in [2.05, 4.69) is 15.4 Å². The second kappa shape index (κ2) is 7.48. The zero-order chi connectivity index (χ0) is 16.4. The number of nitrogens with one attached hydrogen (secondary N) is 1. The van der Waals surface area contributed by atoms with Crippen molar-refractivity contribution in [2.24, 2.45) is 0 Å². The Morgan fingerprint density at radius 2 is 2.00 bits per heavy atom. The van der Waals surface area contributed by atoms with Gasteiger partial charge in [0.1, 0.15) is 18.6 Å². The van der Waals surface area contributed by atoms with Gasteiger partial charge in [-0.15, -0.1) is 12.4 Å². The number of aromatic nitrogens is 3. The summed E-state index contributed by atoms with van der Waals surface area (Å²) in [4.78, 5) is 26.9. The molecule has 0 atom stereocenters. The van der Waals surface area contributed by atoms with E-state index in [0.29, 0.717) is 5.65 Å². The Labute approximate surface area is 144 Å². The normalized spacial score (nSPS) is 15.0. The van der Waals surface area contributed by atoms with Gasteiger partial charge in [0, 0.05) is 5.56 Å². The largest absolute Gasteiger partial charge is 0.505 e. The third-order valence-electron chi connectivity index (χ3n) is 4.21. The van der Waals surface area contributed by atoms with E-state index in [-0.39, 0.29) is 29.8 Å². The molecule has 1 saturated carbocycles. The summed E-state index contributed by atoms with van der Waals surface area (Å²) in [6.07, 6.45) is 6.84. The Kier molecular flexibility index (Phi) is 5.61. The smallest absolute Gasteiger partial charge is 0.322 e. The van der Waals surface area contributed by atoms with Crippen molar-refractivity contribution in [3.63, 3.8) is 0 Å². The molecule has 2 aromatic rings. The topological polar surface area (TPSA) is 117 Å². The van der Waals surface area contributed by atoms with Gasteiger partial charge in [-0.1, -0.05) is 19.3 Å². The predicted molar refractivity (Wildman–Crippen MR) is 87.7 cm³/mol. The van der Waals surface area contributed by atoms with E-state index in [0.717, 1.165) is 31.2 Å². The molecular weight excluding hydrogens is 336 g/mol. The van der Waals surface area contributed by atoms with E-state index < -0.39 is 18.4 Å². The van der Waals surface area contributed by atoms with Crippen LogP contribution in [-0.2, 0) is 4.79 Å². The van der Waals surface area contributed by atoms with Crippen molar-refractivity contribution in [2.45, 2.75) is 38.0 Å². The lowest BCUT2D eigenvalue weighted by molar-refractivity contribution is -0.135. The van der Waals surface area contributed by atoms with Crippen LogP contribution in [0.5, 0.6) is 5.75 Å². The van der Waals surface area contributed by atoms with Crippen molar-refractivity contribution in [1.29, 1.82) is 0 Å². The Balaban J connectivity index is 0.00000208. The maximum Gasteiger partial charge on any atom is 0.322 e. The highest BCUT2D eigenvalue weighted by molar-refractivity contribution is 5.97. The van der Waals surface area contributed by atoms with Crippen molar-refractivity contribution < 1.29 is 19.8 Å². The van der Waals surface area contributed by atoms with Crippen molar-refractivity contribution in [3.8, 4) is 5.75 Å². The quantitative estimate of drug-likeness (QED) is 0.769. The molecule has 3 rings (SSSR count). The molecule has 0 saturated heterocycles. The predicted octanol–water partition coefficient (Wildman–Crippen LogP) is 1.72. The molecule has 1 aliphatic carbocycles. The first-order valence-electron chi connectivity index (χ1n) is 7.63. The third kappa shape index (κ3) is 3.43. The molecule has 130 valence electrons. The lowest BCUT2D eigenvalue weighted by atomic mass is 9.84. The van der Waals surface area contributed by atoms with Gasteiger partial charge in [-0.3, -0.25) is 9.59 Å². The zero-order valence-corrected chi connectivity index (χ0v) is 13.8. The van der Waals surface area contributed by atoms with E-state index in [1.807, 2.05) is 0 Å². The van der Waals surface area contributed by atoms with Gasteiger partial charge in [0.05, 0.1) is 0 Å². The van der Waals surface area contributed by atoms with E-state index in [9.17, 15) is 14.7 Å². The number of carbonyl (C=O) groups excluding carboxylic acids is 1. The lowest BCUT2D eigenvalue weighted by Gasteiger charge is -2.22. The minimum Gasteiger partial charge on any atom is -0.505 e. The van der Waals surface area contributed by atoms with E-state index in [1.165, 1.54) is 17.3 Å². The SMILES string of the molecule is Cl.O=C(O)CNC(=O)c1c(O)cc(C2CCCCC2)c2ncnn12. The molecule has 0 aliphatic heterocycles. The van der Waals surface area contributed by atoms with Gasteiger partial charge < -0.3 is 15.5 Å². The monoisotopic (exact) mass is 354 g/mol. The third-order valence-corrected chi connectivity index (χ3v) is 4.21. The molecule has 0 aromatic carbocycles. The summed E-state index contributed by atoms with van der Waals surface area (Å²) in [5, 5.41) is 25.2. The molecule has 0 spiro atoms. The van der Waals surface area contributed by atoms with Crippen LogP contribution in [0.1, 0.15) is 54.1 Å². The second-order valence-electron chi connectivity index (χ2n) is 5.74. The van der Waals surface area contributed by atoms with Gasteiger partial charge in [0.15, 0.2) is 11.3 Å². The highest BCUT2D eigenvalue weighted by atomic mass is 35.5. The van der Waals surface area contributed by atoms with Crippen molar-refractivity contribution in [3.05, 3.63) is 23.7 Å². The molecule has 2 aromatic heterocycles. The average molecular weight is 355 g/mol. The Morgan fingerprint density at radius 1 is 1.29 bits per heavy atom. The standard InChI is InChI=1S/C15H18N4O4.ClH/c20-11-6-10(9-4-2-1-3-5-9)14-17-8-18-19(14)13(11)15(23)16-7-12(21)22;/h6,8-9,20H,1-5,7H2,(H,16,23)(H,21,22);1H. The minimum absolute atomic E-state index is 0. The highest BCUT2D eigenvalue weighted by Crippen LogP contribution is 2.36. The molecule has 0 radical (unpaired) electrons. The minimum atomic E-state index is -1.16. The number of carboxylic acids is 1. The number of carboxylic acid groups (broad SMARTS) is 1. The van der Waals surface area contributed by atoms with Crippen LogP contribution in [0.3, 0.4) is 0 Å². The number of pyridine rings is 1. The van der Waals surface area contributed by atoms with Crippen LogP contribution < -0.4 is 5.32 Å². The number of nitrogens with zero attached hydrogens (tertiary/aromatic N) is 3. The number of halogens is 1. The molecule has 1 amide bonds. The average Bonchev–Trinajstić information content (AvgIpc) is 3.01. The highest BCUT2D eigenvalue weighted by Gasteiger charge is 2.25. The first-order valence-corrected chi connectivity index (χ1v) is 7.63. The lowest BCUT2D eigenvalue weighted by Crippen LogP contribution is -2.31. The number of carbonyl (C=O) groups is 2. The number of amides is 1. The van der Waals surface area contributed by atoms with Gasteiger partial charge >= 0.3 is 5.97 Å². The number of aliphatic carboxylic acids is 1. The van der Waals surface area contributed by atoms with Crippen LogP contribution in [0.15, 0.2) is 12.4 Å². The van der Waals surface area contributed by atoms with Crippen LogP contribution in [0.4, 0.5) is 0 Å². The molecule has 1 aliphatic rings. The molecular formula is C15H19ClN4O4. The summed E-state index contributed by atoms with van der Waals surface area (Å²) >= 11 is 0. The summed E-state index contributed by atoms with van der Waals surface area (Å²) < 4.78 is 1.29. The second-order valence-corrected chi connectivity index (χ2v) is 5.74. The van der Waals surface area contributed by atoms with Gasteiger partial charge in [-0.05, 0) is 24.8 Å². The maximum absolute atomic E-state index is 12.1. The Hall–Kier alpha value is -2.35. The number of fused-ring (bicyclic) bond motifs is 1. The first-order chi connectivity index (χ1) is 11.1. The molecule has 0 unspecified atom stereocenters. The molecule has 2 heterocycles. The van der Waals surface area contributed by atoms with Gasteiger partial charge in [0.2, 0.25) is 0 Å². The van der Waals surface area contributed by atoms with Crippen LogP contribution in [0.25, 0.3) is 5.65 Å². The van der Waals surface area contributed by atoms with Gasteiger partial charge in [0.25, 0.3) is 5.91 Å². The summed E-state index contributed by atoms with van der Waals surface area (Å²) in [5.74, 6) is -1.79. The summed E-state index contributed by atoms with van der Waals surface area (Å²) in [5.41, 5.74) is 1.32. The first kappa shape index (κ1) is 18.0. The van der Waals surface area contributed by atoms with Gasteiger partial charge in [-0.25, -0.2) is 9.50 Å². The number of rotatable bonds is 4. The van der Waals surface area contributed by atoms with E-state index >= 15 is 0 Å². The van der Waals surface area contributed by atoms with Crippen LogP contribution in [-0.4, -0.2) is 43.2 Å². The van der Waals surface area contributed by atoms with E-state index in [4.69, 9.17) is 5.11 Å². The van der Waals surface area contributed by atoms with E-state index in [1.54, 1.807) is 6.07 Å². The maximum atomic E-state index is 12.1. The van der Waals surface area contributed by atoms with Crippen LogP contribution in [0, 0.1) is 0 Å². The van der Waals surface area contributed by atoms with Crippen molar-refractivity contribution in [2.75, 3.05) is 6.54 Å². The van der Waals surface area contributed by atoms with Crippen LogP contribution >= 0.6 is 12.4 Å². The summed E-state index contributed by atoms with van der Waals surface area (Å²) in [6, 6.07) is 1.57. The van der Waals surface area contributed by atoms with Crippen molar-refractivity contribution in [1.82, 2.24) is 19.9 Å². The Bertz CT molecular complexity index is 755. The van der Waals surface area contributed by atoms with Gasteiger partial charge in [-0.2, -0.15) is 5.10 Å². The fourth-order valence-electron chi connectivity index (χ4n) is 3.16. The molecule has 24 heavy (non-hydrogen) atoms. The Morgan fingerprint density at radius 3 is 2.67 bits per heavy atom. The fourth-order valence-corrected chi connectivity index (χ4v) is 3.16. The zero-order valence-electron chi connectivity index (χ0n) is 12.9.